The lowest BCUT2D eigenvalue weighted by Gasteiger charge is -2.40. The molecule has 1 saturated heterocycles. The lowest BCUT2D eigenvalue weighted by Crippen LogP contribution is -2.63. The summed E-state index contributed by atoms with van der Waals surface area (Å²) in [6, 6.07) is 5.09. The van der Waals surface area contributed by atoms with Crippen LogP contribution < -0.4 is 10.5 Å². The summed E-state index contributed by atoms with van der Waals surface area (Å²) in [5.41, 5.74) is 5.90. The maximum Gasteiger partial charge on any atom is 0.241 e. The van der Waals surface area contributed by atoms with Gasteiger partial charge in [-0.15, -0.1) is 0 Å². The Hall–Kier alpha value is -1.44. The zero-order valence-electron chi connectivity index (χ0n) is 11.5. The number of primary amides is 1. The molecule has 1 heterocycles. The van der Waals surface area contributed by atoms with Crippen LogP contribution in [-0.2, 0) is 19.6 Å². The molecule has 1 aromatic rings. The molecule has 0 atom stereocenters. The highest BCUT2D eigenvalue weighted by Gasteiger charge is 2.43. The number of benzene rings is 1. The number of sulfonamides is 1. The molecule has 0 radical (unpaired) electrons. The van der Waals surface area contributed by atoms with Crippen LogP contribution in [0.25, 0.3) is 0 Å². The van der Waals surface area contributed by atoms with Crippen LogP contribution in [0.1, 0.15) is 17.5 Å². The maximum atomic E-state index is 12.4. The first-order valence-corrected chi connectivity index (χ1v) is 7.70. The minimum absolute atomic E-state index is 0.0723. The van der Waals surface area contributed by atoms with E-state index in [-0.39, 0.29) is 24.5 Å². The molecule has 0 saturated carbocycles. The summed E-state index contributed by atoms with van der Waals surface area (Å²) in [5, 5.41) is 0. The number of nitrogens with two attached hydrogens (primary N) is 1. The molecule has 1 aliphatic heterocycles. The number of hydrogen-bond acceptors (Lipinski definition) is 4. The fourth-order valence-corrected chi connectivity index (χ4v) is 3.92. The van der Waals surface area contributed by atoms with Crippen molar-refractivity contribution in [3.63, 3.8) is 0 Å². The number of carbonyl (C=O) groups is 1. The second-order valence-corrected chi connectivity index (χ2v) is 6.94. The highest BCUT2D eigenvalue weighted by Crippen LogP contribution is 2.25. The van der Waals surface area contributed by atoms with Crippen LogP contribution in [0.5, 0.6) is 0 Å². The summed E-state index contributed by atoms with van der Waals surface area (Å²) < 4.78 is 32.5. The molecule has 110 valence electrons. The van der Waals surface area contributed by atoms with Gasteiger partial charge in [-0.1, -0.05) is 17.7 Å². The minimum atomic E-state index is -3.71. The minimum Gasteiger partial charge on any atom is -0.377 e. The second-order valence-electron chi connectivity index (χ2n) is 5.29. The standard InChI is InChI=1S/C13H18N2O4S/c1-9-3-4-11(10(2)5-9)20(17,18)15-13(6-12(14)16)7-19-8-13/h3-5,15H,6-8H2,1-2H3,(H2,14,16). The Kier molecular flexibility index (Phi) is 3.86. The summed E-state index contributed by atoms with van der Waals surface area (Å²) in [4.78, 5) is 11.3. The molecular weight excluding hydrogens is 280 g/mol. The molecule has 1 aliphatic rings. The molecular formula is C13H18N2O4S. The normalized spacial score (nSPS) is 17.5. The van der Waals surface area contributed by atoms with E-state index in [0.717, 1.165) is 5.56 Å². The Morgan fingerprint density at radius 1 is 1.40 bits per heavy atom. The summed E-state index contributed by atoms with van der Waals surface area (Å²) in [6.07, 6.45) is -0.0723. The Morgan fingerprint density at radius 2 is 2.05 bits per heavy atom. The van der Waals surface area contributed by atoms with Crippen LogP contribution in [0.15, 0.2) is 23.1 Å². The van der Waals surface area contributed by atoms with E-state index in [9.17, 15) is 13.2 Å². The number of aryl methyl sites for hydroxylation is 2. The number of rotatable bonds is 5. The van der Waals surface area contributed by atoms with Crippen LogP contribution in [0, 0.1) is 13.8 Å². The monoisotopic (exact) mass is 298 g/mol. The zero-order valence-corrected chi connectivity index (χ0v) is 12.3. The largest absolute Gasteiger partial charge is 0.377 e. The van der Waals surface area contributed by atoms with Gasteiger partial charge >= 0.3 is 0 Å². The van der Waals surface area contributed by atoms with E-state index in [0.29, 0.717) is 5.56 Å². The van der Waals surface area contributed by atoms with Gasteiger partial charge in [0.1, 0.15) is 0 Å². The molecule has 1 amide bonds. The predicted molar refractivity (Wildman–Crippen MR) is 73.6 cm³/mol. The van der Waals surface area contributed by atoms with Crippen LogP contribution in [-0.4, -0.2) is 33.1 Å². The third-order valence-electron chi connectivity index (χ3n) is 3.24. The van der Waals surface area contributed by atoms with Gasteiger partial charge in [0.25, 0.3) is 0 Å². The Balaban J connectivity index is 2.29. The maximum absolute atomic E-state index is 12.4. The highest BCUT2D eigenvalue weighted by molar-refractivity contribution is 7.89. The van der Waals surface area contributed by atoms with E-state index >= 15 is 0 Å². The Morgan fingerprint density at radius 3 is 2.50 bits per heavy atom. The average Bonchev–Trinajstić information content (AvgIpc) is 2.24. The second kappa shape index (κ2) is 5.16. The van der Waals surface area contributed by atoms with Gasteiger partial charge in [0.2, 0.25) is 15.9 Å². The topological polar surface area (TPSA) is 98.5 Å². The lowest BCUT2D eigenvalue weighted by molar-refractivity contribution is -0.126. The lowest BCUT2D eigenvalue weighted by atomic mass is 9.94. The van der Waals surface area contributed by atoms with Gasteiger partial charge in [-0.25, -0.2) is 8.42 Å². The molecule has 0 spiro atoms. The van der Waals surface area contributed by atoms with E-state index in [1.165, 1.54) is 0 Å². The Labute approximate surface area is 118 Å². The molecule has 0 aromatic heterocycles. The summed E-state index contributed by atoms with van der Waals surface area (Å²) >= 11 is 0. The quantitative estimate of drug-likeness (QED) is 0.812. The molecule has 0 unspecified atom stereocenters. The molecule has 0 aliphatic carbocycles. The van der Waals surface area contributed by atoms with Crippen molar-refractivity contribution < 1.29 is 17.9 Å². The molecule has 1 aromatic carbocycles. The number of nitrogens with one attached hydrogen (secondary N) is 1. The summed E-state index contributed by atoms with van der Waals surface area (Å²) in [7, 11) is -3.71. The third-order valence-corrected chi connectivity index (χ3v) is 4.98. The van der Waals surface area contributed by atoms with Gasteiger partial charge < -0.3 is 10.5 Å². The van der Waals surface area contributed by atoms with Crippen molar-refractivity contribution in [1.29, 1.82) is 0 Å². The third kappa shape index (κ3) is 3.00. The molecule has 2 rings (SSSR count). The van der Waals surface area contributed by atoms with Crippen molar-refractivity contribution in [2.75, 3.05) is 13.2 Å². The number of hydrogen-bond donors (Lipinski definition) is 2. The van der Waals surface area contributed by atoms with E-state index in [2.05, 4.69) is 4.72 Å². The number of ether oxygens (including phenoxy) is 1. The Bertz CT molecular complexity index is 636. The SMILES string of the molecule is Cc1ccc(S(=O)(=O)NC2(CC(N)=O)COC2)c(C)c1. The van der Waals surface area contributed by atoms with Gasteiger partial charge in [-0.3, -0.25) is 4.79 Å². The van der Waals surface area contributed by atoms with Crippen LogP contribution in [0.3, 0.4) is 0 Å². The van der Waals surface area contributed by atoms with Crippen LogP contribution in [0.2, 0.25) is 0 Å². The van der Waals surface area contributed by atoms with Crippen molar-refractivity contribution >= 4 is 15.9 Å². The first-order valence-electron chi connectivity index (χ1n) is 6.21. The van der Waals surface area contributed by atoms with Gasteiger partial charge in [-0.05, 0) is 25.5 Å². The van der Waals surface area contributed by atoms with Crippen molar-refractivity contribution in [3.05, 3.63) is 29.3 Å². The van der Waals surface area contributed by atoms with E-state index < -0.39 is 21.5 Å². The summed E-state index contributed by atoms with van der Waals surface area (Å²) in [6.45, 7) is 3.94. The first kappa shape index (κ1) is 15.0. The van der Waals surface area contributed by atoms with Crippen LogP contribution >= 0.6 is 0 Å². The fourth-order valence-electron chi connectivity index (χ4n) is 2.32. The number of carbonyl (C=O) groups excluding carboxylic acids is 1. The molecule has 0 bridgehead atoms. The first-order chi connectivity index (χ1) is 9.24. The smallest absolute Gasteiger partial charge is 0.241 e. The summed E-state index contributed by atoms with van der Waals surface area (Å²) in [5.74, 6) is -0.559. The van der Waals surface area contributed by atoms with Gasteiger partial charge in [0, 0.05) is 0 Å². The van der Waals surface area contributed by atoms with Crippen molar-refractivity contribution in [1.82, 2.24) is 4.72 Å². The van der Waals surface area contributed by atoms with Crippen molar-refractivity contribution in [2.45, 2.75) is 30.7 Å². The van der Waals surface area contributed by atoms with Gasteiger partial charge in [0.05, 0.1) is 30.1 Å². The molecule has 20 heavy (non-hydrogen) atoms. The highest BCUT2D eigenvalue weighted by atomic mass is 32.2. The van der Waals surface area contributed by atoms with E-state index in [4.69, 9.17) is 10.5 Å². The van der Waals surface area contributed by atoms with Gasteiger partial charge in [0.15, 0.2) is 0 Å². The molecule has 7 heteroatoms. The van der Waals surface area contributed by atoms with Crippen molar-refractivity contribution in [3.8, 4) is 0 Å². The van der Waals surface area contributed by atoms with Crippen LogP contribution in [0.4, 0.5) is 0 Å². The van der Waals surface area contributed by atoms with Crippen molar-refractivity contribution in [2.24, 2.45) is 5.73 Å². The molecule has 6 nitrogen and oxygen atoms in total. The molecule has 3 N–H and O–H groups in total. The van der Waals surface area contributed by atoms with E-state index in [1.54, 1.807) is 25.1 Å². The van der Waals surface area contributed by atoms with E-state index in [1.807, 2.05) is 6.92 Å². The molecule has 1 fully saturated rings. The fraction of sp³-hybridized carbons (Fsp3) is 0.462. The van der Waals surface area contributed by atoms with Gasteiger partial charge in [-0.2, -0.15) is 4.72 Å². The predicted octanol–water partition coefficient (Wildman–Crippen LogP) is 0.226. The average molecular weight is 298 g/mol. The zero-order chi connectivity index (χ0) is 15.0. The number of amides is 1.